The van der Waals surface area contributed by atoms with Crippen molar-refractivity contribution < 1.29 is 0 Å². The molecular weight excluding hydrogens is 390 g/mol. The SMILES string of the molecule is Cc1cc(-c2[nH]c3cc(C4CCC5CNCC5C4)sc3c2C(C)C)cn2ncnc12. The molecular formula is C24H29N5S. The number of hydrogen-bond acceptors (Lipinski definition) is 4. The Balaban J connectivity index is 1.42. The van der Waals surface area contributed by atoms with Crippen LogP contribution in [0.15, 0.2) is 24.7 Å². The summed E-state index contributed by atoms with van der Waals surface area (Å²) in [6.45, 7) is 9.18. The summed E-state index contributed by atoms with van der Waals surface area (Å²) in [5.74, 6) is 2.98. The van der Waals surface area contributed by atoms with E-state index < -0.39 is 0 Å². The lowest BCUT2D eigenvalue weighted by molar-refractivity contribution is 0.272. The Morgan fingerprint density at radius 3 is 2.90 bits per heavy atom. The molecule has 2 N–H and O–H groups in total. The highest BCUT2D eigenvalue weighted by atomic mass is 32.1. The van der Waals surface area contributed by atoms with Gasteiger partial charge in [-0.3, -0.25) is 0 Å². The summed E-state index contributed by atoms with van der Waals surface area (Å²) in [4.78, 5) is 9.74. The first-order valence-corrected chi connectivity index (χ1v) is 12.1. The molecule has 5 heterocycles. The Bertz CT molecular complexity index is 1230. The van der Waals surface area contributed by atoms with Crippen molar-refractivity contribution >= 4 is 27.2 Å². The molecule has 3 atom stereocenters. The highest BCUT2D eigenvalue weighted by molar-refractivity contribution is 7.19. The van der Waals surface area contributed by atoms with Gasteiger partial charge in [0.15, 0.2) is 5.65 Å². The molecule has 1 aliphatic carbocycles. The molecule has 0 radical (unpaired) electrons. The maximum atomic E-state index is 4.37. The molecule has 1 aliphatic heterocycles. The van der Waals surface area contributed by atoms with E-state index in [-0.39, 0.29) is 0 Å². The van der Waals surface area contributed by atoms with Crippen LogP contribution in [0.5, 0.6) is 0 Å². The summed E-state index contributed by atoms with van der Waals surface area (Å²) in [6, 6.07) is 4.68. The number of hydrogen-bond donors (Lipinski definition) is 2. The molecule has 1 saturated carbocycles. The zero-order valence-corrected chi connectivity index (χ0v) is 18.7. The van der Waals surface area contributed by atoms with Gasteiger partial charge in [0.05, 0.1) is 15.9 Å². The van der Waals surface area contributed by atoms with E-state index in [2.05, 4.69) is 59.5 Å². The van der Waals surface area contributed by atoms with Crippen LogP contribution in [0.3, 0.4) is 0 Å². The van der Waals surface area contributed by atoms with Gasteiger partial charge in [0.25, 0.3) is 0 Å². The van der Waals surface area contributed by atoms with Gasteiger partial charge in [-0.25, -0.2) is 9.50 Å². The van der Waals surface area contributed by atoms with Crippen LogP contribution >= 0.6 is 11.3 Å². The smallest absolute Gasteiger partial charge is 0.158 e. The van der Waals surface area contributed by atoms with Crippen LogP contribution in [0.2, 0.25) is 0 Å². The topological polar surface area (TPSA) is 58.0 Å². The van der Waals surface area contributed by atoms with Gasteiger partial charge >= 0.3 is 0 Å². The number of nitrogens with zero attached hydrogens (tertiary/aromatic N) is 3. The monoisotopic (exact) mass is 419 g/mol. The first-order valence-electron chi connectivity index (χ1n) is 11.2. The van der Waals surface area contributed by atoms with Gasteiger partial charge < -0.3 is 10.3 Å². The number of aryl methyl sites for hydroxylation is 1. The van der Waals surface area contributed by atoms with E-state index in [9.17, 15) is 0 Å². The van der Waals surface area contributed by atoms with Crippen LogP contribution in [-0.4, -0.2) is 32.7 Å². The normalized spacial score (nSPS) is 24.3. The highest BCUT2D eigenvalue weighted by Crippen LogP contribution is 2.47. The number of H-pyrrole nitrogens is 1. The molecule has 0 amide bonds. The Morgan fingerprint density at radius 1 is 1.17 bits per heavy atom. The van der Waals surface area contributed by atoms with E-state index in [1.54, 1.807) is 11.2 Å². The minimum absolute atomic E-state index is 0.460. The minimum atomic E-state index is 0.460. The standard InChI is InChI=1S/C24H29N5S/c1-13(2)21-22(18-6-14(3)24-26-12-27-29(24)11-18)28-19-8-20(30-23(19)21)15-4-5-16-9-25-10-17(16)7-15/h6,8,11-13,15-17,25,28H,4-5,7,9-10H2,1-3H3. The fourth-order valence-corrected chi connectivity index (χ4v) is 7.25. The van der Waals surface area contributed by atoms with Gasteiger partial charge in [-0.15, -0.1) is 11.3 Å². The summed E-state index contributed by atoms with van der Waals surface area (Å²) < 4.78 is 3.33. The molecule has 5 nitrogen and oxygen atoms in total. The van der Waals surface area contributed by atoms with E-state index in [1.807, 2.05) is 15.9 Å². The minimum Gasteiger partial charge on any atom is -0.354 e. The Labute approximate surface area is 180 Å². The molecule has 4 aromatic heterocycles. The van der Waals surface area contributed by atoms with Crippen LogP contribution < -0.4 is 5.32 Å². The summed E-state index contributed by atoms with van der Waals surface area (Å²) >= 11 is 2.03. The number of aromatic nitrogens is 4. The largest absolute Gasteiger partial charge is 0.354 e. The first-order chi connectivity index (χ1) is 14.6. The van der Waals surface area contributed by atoms with Crippen molar-refractivity contribution in [3.05, 3.63) is 40.7 Å². The summed E-state index contributed by atoms with van der Waals surface area (Å²) in [5, 5.41) is 7.98. The van der Waals surface area contributed by atoms with Gasteiger partial charge in [0.2, 0.25) is 0 Å². The van der Waals surface area contributed by atoms with Gasteiger partial charge in [-0.2, -0.15) is 5.10 Å². The lowest BCUT2D eigenvalue weighted by atomic mass is 9.75. The van der Waals surface area contributed by atoms with Crippen molar-refractivity contribution in [1.29, 1.82) is 0 Å². The number of pyridine rings is 1. The van der Waals surface area contributed by atoms with E-state index in [0.29, 0.717) is 5.92 Å². The van der Waals surface area contributed by atoms with Crippen molar-refractivity contribution in [3.63, 3.8) is 0 Å². The lowest BCUT2D eigenvalue weighted by Crippen LogP contribution is -2.21. The maximum Gasteiger partial charge on any atom is 0.158 e. The fourth-order valence-electron chi connectivity index (χ4n) is 5.79. The molecule has 3 unspecified atom stereocenters. The van der Waals surface area contributed by atoms with Crippen molar-refractivity contribution in [2.75, 3.05) is 13.1 Å². The van der Waals surface area contributed by atoms with Crippen LogP contribution in [0, 0.1) is 18.8 Å². The number of aromatic amines is 1. The second-order valence-electron chi connectivity index (χ2n) is 9.59. The Hall–Kier alpha value is -2.18. The third-order valence-corrected chi connectivity index (χ3v) is 8.64. The van der Waals surface area contributed by atoms with E-state index in [1.165, 1.54) is 59.4 Å². The number of thiophene rings is 1. The molecule has 4 aromatic rings. The van der Waals surface area contributed by atoms with E-state index >= 15 is 0 Å². The summed E-state index contributed by atoms with van der Waals surface area (Å²) in [6.07, 6.45) is 7.81. The first kappa shape index (κ1) is 18.6. The van der Waals surface area contributed by atoms with Crippen molar-refractivity contribution in [3.8, 4) is 11.3 Å². The zero-order valence-electron chi connectivity index (χ0n) is 17.9. The van der Waals surface area contributed by atoms with E-state index in [0.717, 1.165) is 29.0 Å². The highest BCUT2D eigenvalue weighted by Gasteiger charge is 2.35. The second kappa shape index (κ2) is 6.92. The molecule has 0 spiro atoms. The van der Waals surface area contributed by atoms with Crippen molar-refractivity contribution in [1.82, 2.24) is 24.9 Å². The summed E-state index contributed by atoms with van der Waals surface area (Å²) in [7, 11) is 0. The molecule has 2 fully saturated rings. The molecule has 2 aliphatic rings. The maximum absolute atomic E-state index is 4.37. The Morgan fingerprint density at radius 2 is 2.03 bits per heavy atom. The third kappa shape index (κ3) is 2.84. The second-order valence-corrected chi connectivity index (χ2v) is 10.7. The predicted molar refractivity (Wildman–Crippen MR) is 123 cm³/mol. The van der Waals surface area contributed by atoms with Gasteiger partial charge in [0, 0.05) is 16.6 Å². The number of fused-ring (bicyclic) bond motifs is 3. The van der Waals surface area contributed by atoms with Crippen LogP contribution in [0.25, 0.3) is 27.1 Å². The van der Waals surface area contributed by atoms with Crippen LogP contribution in [0.4, 0.5) is 0 Å². The number of rotatable bonds is 3. The third-order valence-electron chi connectivity index (χ3n) is 7.31. The zero-order chi connectivity index (χ0) is 20.4. The number of nitrogens with one attached hydrogen (secondary N) is 2. The predicted octanol–water partition coefficient (Wildman–Crippen LogP) is 5.47. The van der Waals surface area contributed by atoms with Crippen molar-refractivity contribution in [2.45, 2.75) is 51.9 Å². The fraction of sp³-hybridized carbons (Fsp3) is 0.500. The van der Waals surface area contributed by atoms with Crippen LogP contribution in [0.1, 0.15) is 60.9 Å². The molecule has 6 rings (SSSR count). The van der Waals surface area contributed by atoms with Gasteiger partial charge in [-0.1, -0.05) is 13.8 Å². The van der Waals surface area contributed by atoms with Crippen LogP contribution in [-0.2, 0) is 0 Å². The molecule has 30 heavy (non-hydrogen) atoms. The molecule has 156 valence electrons. The Kier molecular flexibility index (Phi) is 4.29. The average molecular weight is 420 g/mol. The average Bonchev–Trinajstić information content (AvgIpc) is 3.48. The van der Waals surface area contributed by atoms with E-state index in [4.69, 9.17) is 0 Å². The molecule has 1 saturated heterocycles. The lowest BCUT2D eigenvalue weighted by Gasteiger charge is -2.30. The molecule has 6 heteroatoms. The summed E-state index contributed by atoms with van der Waals surface area (Å²) in [5.41, 5.74) is 7.25. The van der Waals surface area contributed by atoms with Gasteiger partial charge in [-0.05, 0) is 86.2 Å². The molecule has 0 bridgehead atoms. The van der Waals surface area contributed by atoms with Gasteiger partial charge in [0.1, 0.15) is 6.33 Å². The molecule has 0 aromatic carbocycles. The van der Waals surface area contributed by atoms with Crippen molar-refractivity contribution in [2.24, 2.45) is 11.8 Å². The quantitative estimate of drug-likeness (QED) is 0.463.